The number of hydrogen-bond donors (Lipinski definition) is 0. The molecule has 0 aliphatic rings. The van der Waals surface area contributed by atoms with Gasteiger partial charge in [-0.2, -0.15) is 0 Å². The van der Waals surface area contributed by atoms with Crippen molar-refractivity contribution in [3.63, 3.8) is 0 Å². The predicted octanol–water partition coefficient (Wildman–Crippen LogP) is 4.03. The predicted molar refractivity (Wildman–Crippen MR) is 87.9 cm³/mol. The number of rotatable bonds is 7. The number of hydrogen-bond acceptors (Lipinski definition) is 2. The smallest absolute Gasteiger partial charge is 0.122 e. The van der Waals surface area contributed by atoms with Crippen molar-refractivity contribution < 1.29 is 0 Å². The molecule has 0 radical (unpaired) electrons. The minimum atomic E-state index is 0.449. The highest BCUT2D eigenvalue weighted by Gasteiger charge is 2.18. The fourth-order valence-electron chi connectivity index (χ4n) is 2.69. The van der Waals surface area contributed by atoms with Gasteiger partial charge in [0.2, 0.25) is 0 Å². The van der Waals surface area contributed by atoms with Gasteiger partial charge in [0.1, 0.15) is 5.82 Å². The Morgan fingerprint density at radius 2 is 1.86 bits per heavy atom. The Hall–Kier alpha value is -1.61. The van der Waals surface area contributed by atoms with Crippen LogP contribution in [0.5, 0.6) is 0 Å². The normalized spacial score (nSPS) is 13.0. The molecule has 0 saturated heterocycles. The van der Waals surface area contributed by atoms with Gasteiger partial charge in [-0.3, -0.25) is 4.90 Å². The van der Waals surface area contributed by atoms with Crippen LogP contribution >= 0.6 is 0 Å². The van der Waals surface area contributed by atoms with E-state index in [1.165, 1.54) is 18.4 Å². The van der Waals surface area contributed by atoms with Crippen LogP contribution in [0.1, 0.15) is 44.1 Å². The average Bonchev–Trinajstić information content (AvgIpc) is 2.85. The maximum Gasteiger partial charge on any atom is 0.122 e. The second-order valence-electron chi connectivity index (χ2n) is 6.27. The van der Waals surface area contributed by atoms with Crippen molar-refractivity contribution in [3.05, 3.63) is 54.1 Å². The molecule has 3 nitrogen and oxygen atoms in total. The fraction of sp³-hybridized carbons (Fsp3) is 0.500. The van der Waals surface area contributed by atoms with Gasteiger partial charge in [0.05, 0.1) is 6.54 Å². The van der Waals surface area contributed by atoms with E-state index < -0.39 is 0 Å². The molecule has 2 rings (SSSR count). The number of aromatic nitrogens is 2. The second kappa shape index (κ2) is 7.41. The second-order valence-corrected chi connectivity index (χ2v) is 6.27. The van der Waals surface area contributed by atoms with E-state index in [-0.39, 0.29) is 0 Å². The monoisotopic (exact) mass is 285 g/mol. The lowest BCUT2D eigenvalue weighted by molar-refractivity contribution is 0.208. The highest BCUT2D eigenvalue weighted by Crippen LogP contribution is 2.27. The Labute approximate surface area is 128 Å². The lowest BCUT2D eigenvalue weighted by Crippen LogP contribution is -2.26. The molecular formula is C18H27N3. The fourth-order valence-corrected chi connectivity index (χ4v) is 2.69. The number of benzene rings is 1. The van der Waals surface area contributed by atoms with Crippen molar-refractivity contribution in [2.45, 2.75) is 39.3 Å². The van der Waals surface area contributed by atoms with Crippen molar-refractivity contribution in [3.8, 4) is 0 Å². The first-order valence-corrected chi connectivity index (χ1v) is 7.79. The molecule has 3 heteroatoms. The van der Waals surface area contributed by atoms with Crippen molar-refractivity contribution in [1.82, 2.24) is 14.5 Å². The van der Waals surface area contributed by atoms with Crippen LogP contribution in [0.25, 0.3) is 0 Å². The van der Waals surface area contributed by atoms with Crippen molar-refractivity contribution in [1.29, 1.82) is 0 Å². The maximum absolute atomic E-state index is 4.45. The quantitative estimate of drug-likeness (QED) is 0.766. The van der Waals surface area contributed by atoms with Gasteiger partial charge in [-0.15, -0.1) is 0 Å². The molecule has 0 amide bonds. The first-order valence-electron chi connectivity index (χ1n) is 7.79. The van der Waals surface area contributed by atoms with Crippen LogP contribution in [0.15, 0.2) is 42.7 Å². The number of imidazole rings is 1. The molecule has 1 heterocycles. The van der Waals surface area contributed by atoms with E-state index in [4.69, 9.17) is 0 Å². The van der Waals surface area contributed by atoms with E-state index in [1.54, 1.807) is 0 Å². The van der Waals surface area contributed by atoms with Gasteiger partial charge < -0.3 is 4.57 Å². The zero-order valence-corrected chi connectivity index (χ0v) is 13.7. The van der Waals surface area contributed by atoms with Crippen LogP contribution < -0.4 is 0 Å². The third-order valence-corrected chi connectivity index (χ3v) is 4.05. The summed E-state index contributed by atoms with van der Waals surface area (Å²) in [4.78, 5) is 6.87. The van der Waals surface area contributed by atoms with E-state index in [0.717, 1.165) is 18.3 Å². The van der Waals surface area contributed by atoms with Crippen LogP contribution in [0, 0.1) is 5.92 Å². The molecule has 1 atom stereocenters. The molecule has 21 heavy (non-hydrogen) atoms. The summed E-state index contributed by atoms with van der Waals surface area (Å²) in [7, 11) is 4.26. The third-order valence-electron chi connectivity index (χ3n) is 4.05. The molecule has 0 aliphatic carbocycles. The van der Waals surface area contributed by atoms with E-state index in [9.17, 15) is 0 Å². The first-order chi connectivity index (χ1) is 10.1. The van der Waals surface area contributed by atoms with Gasteiger partial charge in [0, 0.05) is 25.5 Å². The van der Waals surface area contributed by atoms with Crippen LogP contribution in [0.4, 0.5) is 0 Å². The number of nitrogens with zero attached hydrogens (tertiary/aromatic N) is 3. The average molecular weight is 285 g/mol. The molecule has 0 N–H and O–H groups in total. The zero-order valence-electron chi connectivity index (χ0n) is 13.7. The molecule has 1 aromatic heterocycles. The van der Waals surface area contributed by atoms with Crippen LogP contribution in [-0.2, 0) is 13.6 Å². The largest absolute Gasteiger partial charge is 0.337 e. The molecule has 2 aromatic rings. The molecule has 0 unspecified atom stereocenters. The highest BCUT2D eigenvalue weighted by atomic mass is 15.2. The SMILES string of the molecule is CC(C)CC[C@H](c1ccccc1)N(C)Cc1nccn1C. The van der Waals surface area contributed by atoms with E-state index in [1.807, 2.05) is 12.4 Å². The zero-order chi connectivity index (χ0) is 15.2. The molecule has 0 saturated carbocycles. The molecule has 114 valence electrons. The molecule has 1 aromatic carbocycles. The van der Waals surface area contributed by atoms with Crippen molar-refractivity contribution in [2.24, 2.45) is 13.0 Å². The van der Waals surface area contributed by atoms with Crippen LogP contribution in [-0.4, -0.2) is 21.5 Å². The van der Waals surface area contributed by atoms with Gasteiger partial charge in [-0.05, 0) is 31.4 Å². The minimum Gasteiger partial charge on any atom is -0.337 e. The summed E-state index contributed by atoms with van der Waals surface area (Å²) >= 11 is 0. The third kappa shape index (κ3) is 4.43. The Morgan fingerprint density at radius 3 is 2.43 bits per heavy atom. The summed E-state index contributed by atoms with van der Waals surface area (Å²) < 4.78 is 2.10. The van der Waals surface area contributed by atoms with E-state index >= 15 is 0 Å². The van der Waals surface area contributed by atoms with Crippen molar-refractivity contribution >= 4 is 0 Å². The lowest BCUT2D eigenvalue weighted by atomic mass is 9.96. The summed E-state index contributed by atoms with van der Waals surface area (Å²) in [5.74, 6) is 1.85. The van der Waals surface area contributed by atoms with Gasteiger partial charge in [-0.1, -0.05) is 44.2 Å². The lowest BCUT2D eigenvalue weighted by Gasteiger charge is -2.29. The molecule has 0 spiro atoms. The van der Waals surface area contributed by atoms with Gasteiger partial charge in [0.25, 0.3) is 0 Å². The van der Waals surface area contributed by atoms with Gasteiger partial charge in [0.15, 0.2) is 0 Å². The van der Waals surface area contributed by atoms with E-state index in [0.29, 0.717) is 6.04 Å². The molecular weight excluding hydrogens is 258 g/mol. The topological polar surface area (TPSA) is 21.1 Å². The Kier molecular flexibility index (Phi) is 5.57. The molecule has 0 bridgehead atoms. The summed E-state index contributed by atoms with van der Waals surface area (Å²) in [5, 5.41) is 0. The Balaban J connectivity index is 2.12. The summed E-state index contributed by atoms with van der Waals surface area (Å²) in [6, 6.07) is 11.3. The summed E-state index contributed by atoms with van der Waals surface area (Å²) in [6.07, 6.45) is 6.30. The van der Waals surface area contributed by atoms with Gasteiger partial charge >= 0.3 is 0 Å². The minimum absolute atomic E-state index is 0.449. The van der Waals surface area contributed by atoms with E-state index in [2.05, 4.69) is 72.7 Å². The maximum atomic E-state index is 4.45. The summed E-state index contributed by atoms with van der Waals surface area (Å²) in [6.45, 7) is 5.46. The first kappa shape index (κ1) is 15.8. The highest BCUT2D eigenvalue weighted by molar-refractivity contribution is 5.19. The Morgan fingerprint density at radius 1 is 1.14 bits per heavy atom. The van der Waals surface area contributed by atoms with Crippen molar-refractivity contribution in [2.75, 3.05) is 7.05 Å². The number of aryl methyl sites for hydroxylation is 1. The standard InChI is InChI=1S/C18H27N3/c1-15(2)10-11-17(16-8-6-5-7-9-16)21(4)14-18-19-12-13-20(18)3/h5-9,12-13,15,17H,10-11,14H2,1-4H3/t17-/m1/s1. The Bertz CT molecular complexity index is 530. The summed E-state index contributed by atoms with van der Waals surface area (Å²) in [5.41, 5.74) is 1.40. The van der Waals surface area contributed by atoms with Crippen LogP contribution in [0.3, 0.4) is 0 Å². The molecule has 0 aliphatic heterocycles. The van der Waals surface area contributed by atoms with Crippen LogP contribution in [0.2, 0.25) is 0 Å². The van der Waals surface area contributed by atoms with Gasteiger partial charge in [-0.25, -0.2) is 4.98 Å². The molecule has 0 fully saturated rings.